The molecule has 5 rings (SSSR count). The standard InChI is InChI=1S/C31H22O2/c1-3-21-32-25-17-13-23(14-18-25)31(24-15-19-26(20-16-24)33-22-4-2)29-11-7-5-9-27(29)28-10-6-8-12-30(28)31/h1-2,5-20H,21-22H2. The molecule has 4 aromatic rings. The molecule has 0 heterocycles. The molecule has 0 saturated carbocycles. The van der Waals surface area contributed by atoms with Crippen molar-refractivity contribution in [2.75, 3.05) is 13.2 Å². The Kier molecular flexibility index (Phi) is 5.35. The molecule has 2 heteroatoms. The van der Waals surface area contributed by atoms with Gasteiger partial charge in [0, 0.05) is 0 Å². The van der Waals surface area contributed by atoms with E-state index >= 15 is 0 Å². The highest BCUT2D eigenvalue weighted by Crippen LogP contribution is 2.56. The molecular weight excluding hydrogens is 404 g/mol. The Morgan fingerprint density at radius 1 is 0.545 bits per heavy atom. The summed E-state index contributed by atoms with van der Waals surface area (Å²) in [6, 6.07) is 33.7. The summed E-state index contributed by atoms with van der Waals surface area (Å²) in [4.78, 5) is 0. The molecule has 0 saturated heterocycles. The minimum absolute atomic E-state index is 0.245. The van der Waals surface area contributed by atoms with Gasteiger partial charge >= 0.3 is 0 Å². The van der Waals surface area contributed by atoms with Crippen LogP contribution in [0.25, 0.3) is 11.1 Å². The Bertz CT molecular complexity index is 1260. The molecule has 4 aromatic carbocycles. The van der Waals surface area contributed by atoms with Crippen molar-refractivity contribution in [1.29, 1.82) is 0 Å². The van der Waals surface area contributed by atoms with Gasteiger partial charge in [-0.1, -0.05) is 84.6 Å². The molecule has 0 N–H and O–H groups in total. The van der Waals surface area contributed by atoms with Crippen LogP contribution in [0.5, 0.6) is 11.5 Å². The highest BCUT2D eigenvalue weighted by atomic mass is 16.5. The lowest BCUT2D eigenvalue weighted by Crippen LogP contribution is -2.28. The van der Waals surface area contributed by atoms with Gasteiger partial charge in [-0.15, -0.1) is 12.8 Å². The number of hydrogen-bond donors (Lipinski definition) is 0. The van der Waals surface area contributed by atoms with E-state index in [-0.39, 0.29) is 13.2 Å². The van der Waals surface area contributed by atoms with Crippen LogP contribution in [0.2, 0.25) is 0 Å². The average Bonchev–Trinajstić information content (AvgIpc) is 3.18. The summed E-state index contributed by atoms with van der Waals surface area (Å²) in [7, 11) is 0. The SMILES string of the molecule is C#CCOc1ccc(C2(c3ccc(OCC#C)cc3)c3ccccc3-c3ccccc32)cc1. The second kappa shape index (κ2) is 8.62. The van der Waals surface area contributed by atoms with E-state index in [0.29, 0.717) is 0 Å². The molecule has 0 radical (unpaired) electrons. The molecule has 0 spiro atoms. The fourth-order valence-corrected chi connectivity index (χ4v) is 4.88. The lowest BCUT2D eigenvalue weighted by molar-refractivity contribution is 0.370. The van der Waals surface area contributed by atoms with E-state index in [0.717, 1.165) is 22.6 Å². The fraction of sp³-hybridized carbons (Fsp3) is 0.0968. The van der Waals surface area contributed by atoms with Crippen molar-refractivity contribution < 1.29 is 9.47 Å². The van der Waals surface area contributed by atoms with E-state index in [1.54, 1.807) is 0 Å². The molecule has 0 atom stereocenters. The van der Waals surface area contributed by atoms with Crippen molar-refractivity contribution in [3.63, 3.8) is 0 Å². The van der Waals surface area contributed by atoms with Gasteiger partial charge in [0.05, 0.1) is 5.41 Å². The Labute approximate surface area is 194 Å². The maximum atomic E-state index is 5.63. The van der Waals surface area contributed by atoms with Crippen molar-refractivity contribution in [3.8, 4) is 47.3 Å². The Morgan fingerprint density at radius 2 is 0.939 bits per heavy atom. The normalized spacial score (nSPS) is 12.7. The lowest BCUT2D eigenvalue weighted by Gasteiger charge is -2.34. The van der Waals surface area contributed by atoms with E-state index in [1.807, 2.05) is 24.3 Å². The first kappa shape index (κ1) is 20.5. The molecule has 0 amide bonds. The highest BCUT2D eigenvalue weighted by Gasteiger charge is 2.45. The third kappa shape index (κ3) is 3.34. The van der Waals surface area contributed by atoms with Crippen LogP contribution in [0.1, 0.15) is 22.3 Å². The molecule has 0 fully saturated rings. The maximum Gasteiger partial charge on any atom is 0.148 e. The summed E-state index contributed by atoms with van der Waals surface area (Å²) in [5.74, 6) is 6.55. The highest BCUT2D eigenvalue weighted by molar-refractivity contribution is 5.86. The molecule has 1 aliphatic rings. The summed E-state index contributed by atoms with van der Waals surface area (Å²) >= 11 is 0. The minimum atomic E-state index is -0.470. The minimum Gasteiger partial charge on any atom is -0.481 e. The van der Waals surface area contributed by atoms with Gasteiger partial charge < -0.3 is 9.47 Å². The summed E-state index contributed by atoms with van der Waals surface area (Å²) in [5.41, 5.74) is 6.83. The number of terminal acetylenes is 2. The van der Waals surface area contributed by atoms with Crippen molar-refractivity contribution >= 4 is 0 Å². The number of fused-ring (bicyclic) bond motifs is 3. The van der Waals surface area contributed by atoms with Crippen LogP contribution in [-0.2, 0) is 5.41 Å². The molecule has 1 aliphatic carbocycles. The van der Waals surface area contributed by atoms with Gasteiger partial charge in [0.15, 0.2) is 0 Å². The summed E-state index contributed by atoms with van der Waals surface area (Å²) in [6.45, 7) is 0.491. The van der Waals surface area contributed by atoms with Gasteiger partial charge in [-0.2, -0.15) is 0 Å². The van der Waals surface area contributed by atoms with Gasteiger partial charge in [-0.3, -0.25) is 0 Å². The second-order valence-electron chi connectivity index (χ2n) is 7.88. The first-order chi connectivity index (χ1) is 16.3. The Hall–Kier alpha value is -4.40. The quantitative estimate of drug-likeness (QED) is 0.307. The topological polar surface area (TPSA) is 18.5 Å². The molecule has 0 aliphatic heterocycles. The summed E-state index contributed by atoms with van der Waals surface area (Å²) < 4.78 is 11.3. The molecule has 158 valence electrons. The predicted molar refractivity (Wildman–Crippen MR) is 132 cm³/mol. The zero-order valence-electron chi connectivity index (χ0n) is 18.1. The average molecular weight is 427 g/mol. The van der Waals surface area contributed by atoms with Crippen LogP contribution >= 0.6 is 0 Å². The third-order valence-electron chi connectivity index (χ3n) is 6.17. The number of ether oxygens (including phenoxy) is 2. The number of benzene rings is 4. The van der Waals surface area contributed by atoms with E-state index in [1.165, 1.54) is 22.3 Å². The summed E-state index contributed by atoms with van der Waals surface area (Å²) in [5, 5.41) is 0. The molecule has 2 nitrogen and oxygen atoms in total. The first-order valence-electron chi connectivity index (χ1n) is 10.8. The monoisotopic (exact) mass is 426 g/mol. The predicted octanol–water partition coefficient (Wildman–Crippen LogP) is 6.07. The third-order valence-corrected chi connectivity index (χ3v) is 6.17. The maximum absolute atomic E-state index is 5.63. The van der Waals surface area contributed by atoms with Gasteiger partial charge in [0.1, 0.15) is 24.7 Å². The van der Waals surface area contributed by atoms with Crippen molar-refractivity contribution in [3.05, 3.63) is 119 Å². The Morgan fingerprint density at radius 3 is 1.33 bits per heavy atom. The molecule has 0 aromatic heterocycles. The van der Waals surface area contributed by atoms with Gasteiger partial charge in [-0.05, 0) is 57.6 Å². The van der Waals surface area contributed by atoms with E-state index in [2.05, 4.69) is 84.6 Å². The van der Waals surface area contributed by atoms with E-state index in [4.69, 9.17) is 22.3 Å². The smallest absolute Gasteiger partial charge is 0.148 e. The first-order valence-corrected chi connectivity index (χ1v) is 10.8. The van der Waals surface area contributed by atoms with Crippen LogP contribution in [0.3, 0.4) is 0 Å². The molecule has 0 bridgehead atoms. The summed E-state index contributed by atoms with van der Waals surface area (Å²) in [6.07, 6.45) is 10.7. The molecular formula is C31H22O2. The van der Waals surface area contributed by atoms with Gasteiger partial charge in [0.2, 0.25) is 0 Å². The van der Waals surface area contributed by atoms with E-state index < -0.39 is 5.41 Å². The Balaban J connectivity index is 1.74. The van der Waals surface area contributed by atoms with Crippen LogP contribution in [0, 0.1) is 24.7 Å². The molecule has 33 heavy (non-hydrogen) atoms. The van der Waals surface area contributed by atoms with Crippen molar-refractivity contribution in [2.24, 2.45) is 0 Å². The van der Waals surface area contributed by atoms with Crippen LogP contribution in [0.4, 0.5) is 0 Å². The molecule has 0 unspecified atom stereocenters. The van der Waals surface area contributed by atoms with Crippen LogP contribution < -0.4 is 9.47 Å². The van der Waals surface area contributed by atoms with Crippen molar-refractivity contribution in [1.82, 2.24) is 0 Å². The van der Waals surface area contributed by atoms with Crippen LogP contribution in [-0.4, -0.2) is 13.2 Å². The van der Waals surface area contributed by atoms with Gasteiger partial charge in [0.25, 0.3) is 0 Å². The second-order valence-corrected chi connectivity index (χ2v) is 7.88. The van der Waals surface area contributed by atoms with Crippen LogP contribution in [0.15, 0.2) is 97.1 Å². The van der Waals surface area contributed by atoms with E-state index in [9.17, 15) is 0 Å². The number of rotatable bonds is 6. The lowest BCUT2D eigenvalue weighted by atomic mass is 9.68. The fourth-order valence-electron chi connectivity index (χ4n) is 4.88. The zero-order valence-corrected chi connectivity index (χ0v) is 18.1. The number of hydrogen-bond acceptors (Lipinski definition) is 2. The largest absolute Gasteiger partial charge is 0.481 e. The van der Waals surface area contributed by atoms with Crippen molar-refractivity contribution in [2.45, 2.75) is 5.41 Å². The zero-order chi connectivity index (χ0) is 22.7. The van der Waals surface area contributed by atoms with Gasteiger partial charge in [-0.25, -0.2) is 0 Å².